The largest absolute Gasteiger partial charge is 0.369 e. The molecule has 0 fully saturated rings. The molecule has 19 heavy (non-hydrogen) atoms. The fourth-order valence-corrected chi connectivity index (χ4v) is 2.37. The van der Waals surface area contributed by atoms with E-state index in [0.717, 1.165) is 15.5 Å². The van der Waals surface area contributed by atoms with Crippen molar-refractivity contribution in [2.24, 2.45) is 0 Å². The predicted molar refractivity (Wildman–Crippen MR) is 79.8 cm³/mol. The molecule has 2 aromatic rings. The van der Waals surface area contributed by atoms with Gasteiger partial charge in [-0.2, -0.15) is 0 Å². The van der Waals surface area contributed by atoms with E-state index >= 15 is 0 Å². The first-order valence-electron chi connectivity index (χ1n) is 6.13. The van der Waals surface area contributed by atoms with Crippen LogP contribution in [-0.4, -0.2) is 21.5 Å². The van der Waals surface area contributed by atoms with E-state index in [-0.39, 0.29) is 11.9 Å². The molecule has 102 valence electrons. The minimum absolute atomic E-state index is 0.0658. The van der Waals surface area contributed by atoms with Crippen LogP contribution in [0.2, 0.25) is 0 Å². The molecule has 2 rings (SSSR count). The maximum atomic E-state index is 12.1. The Balaban J connectivity index is 2.44. The molecule has 0 saturated heterocycles. The Morgan fingerprint density at radius 2 is 2.11 bits per heavy atom. The average Bonchev–Trinajstić information content (AvgIpc) is 2.62. The number of nitrogens with zero attached hydrogens (tertiary/aromatic N) is 2. The van der Waals surface area contributed by atoms with Crippen molar-refractivity contribution in [3.05, 3.63) is 22.7 Å². The van der Waals surface area contributed by atoms with Gasteiger partial charge >= 0.3 is 0 Å². The lowest BCUT2D eigenvalue weighted by Gasteiger charge is -2.17. The summed E-state index contributed by atoms with van der Waals surface area (Å²) in [6.07, 6.45) is 0. The first-order chi connectivity index (χ1) is 8.90. The number of nitrogen functional groups attached to an aromatic ring is 1. The van der Waals surface area contributed by atoms with E-state index in [9.17, 15) is 4.79 Å². The second kappa shape index (κ2) is 5.21. The highest BCUT2D eigenvalue weighted by Gasteiger charge is 2.20. The molecule has 1 aromatic heterocycles. The molecule has 1 unspecified atom stereocenters. The van der Waals surface area contributed by atoms with Gasteiger partial charge in [0, 0.05) is 10.5 Å². The van der Waals surface area contributed by atoms with Gasteiger partial charge in [0.05, 0.1) is 11.0 Å². The summed E-state index contributed by atoms with van der Waals surface area (Å²) >= 11 is 3.40. The minimum Gasteiger partial charge on any atom is -0.369 e. The molecule has 0 spiro atoms. The molecule has 1 aromatic carbocycles. The van der Waals surface area contributed by atoms with E-state index in [2.05, 4.69) is 26.2 Å². The van der Waals surface area contributed by atoms with Crippen molar-refractivity contribution < 1.29 is 4.79 Å². The van der Waals surface area contributed by atoms with Crippen LogP contribution in [0.3, 0.4) is 0 Å². The third kappa shape index (κ3) is 2.73. The number of carbonyl (C=O) groups excluding carboxylic acids is 1. The third-order valence-electron chi connectivity index (χ3n) is 2.88. The van der Waals surface area contributed by atoms with Gasteiger partial charge in [0.15, 0.2) is 0 Å². The Morgan fingerprint density at radius 3 is 2.74 bits per heavy atom. The molecule has 0 aliphatic carbocycles. The van der Waals surface area contributed by atoms with Crippen molar-refractivity contribution >= 4 is 38.8 Å². The van der Waals surface area contributed by atoms with Crippen LogP contribution < -0.4 is 11.1 Å². The molecular weight excluding hydrogens is 308 g/mol. The number of nitrogens with one attached hydrogen (secondary N) is 1. The number of nitrogens with two attached hydrogens (primary N) is 1. The fraction of sp³-hybridized carbons (Fsp3) is 0.385. The number of carbonyl (C=O) groups is 1. The molecule has 0 aliphatic heterocycles. The van der Waals surface area contributed by atoms with E-state index in [1.165, 1.54) is 0 Å². The highest BCUT2D eigenvalue weighted by molar-refractivity contribution is 9.10. The lowest BCUT2D eigenvalue weighted by molar-refractivity contribution is -0.124. The summed E-state index contributed by atoms with van der Waals surface area (Å²) in [4.78, 5) is 16.4. The normalized spacial score (nSPS) is 12.9. The van der Waals surface area contributed by atoms with Crippen LogP contribution in [0.4, 0.5) is 5.95 Å². The highest BCUT2D eigenvalue weighted by Crippen LogP contribution is 2.25. The smallest absolute Gasteiger partial charge is 0.243 e. The molecule has 6 heteroatoms. The summed E-state index contributed by atoms with van der Waals surface area (Å²) in [5.41, 5.74) is 7.56. The maximum Gasteiger partial charge on any atom is 0.243 e. The average molecular weight is 325 g/mol. The Morgan fingerprint density at radius 1 is 1.42 bits per heavy atom. The summed E-state index contributed by atoms with van der Waals surface area (Å²) in [5.74, 6) is 0.281. The molecule has 0 bridgehead atoms. The molecule has 1 heterocycles. The fourth-order valence-electron chi connectivity index (χ4n) is 2.02. The molecular formula is C13H17BrN4O. The van der Waals surface area contributed by atoms with Crippen molar-refractivity contribution in [3.63, 3.8) is 0 Å². The SMILES string of the molecule is CC(C)NC(=O)C(C)n1c(N)nc2cc(Br)ccc21. The monoisotopic (exact) mass is 324 g/mol. The zero-order valence-electron chi connectivity index (χ0n) is 11.1. The molecule has 0 radical (unpaired) electrons. The van der Waals surface area contributed by atoms with Gasteiger partial charge in [-0.3, -0.25) is 9.36 Å². The van der Waals surface area contributed by atoms with Crippen LogP contribution in [0.15, 0.2) is 22.7 Å². The van der Waals surface area contributed by atoms with E-state index in [0.29, 0.717) is 5.95 Å². The van der Waals surface area contributed by atoms with Crippen LogP contribution in [0.5, 0.6) is 0 Å². The van der Waals surface area contributed by atoms with Gasteiger partial charge in [0.25, 0.3) is 0 Å². The number of hydrogen-bond acceptors (Lipinski definition) is 3. The quantitative estimate of drug-likeness (QED) is 0.910. The molecule has 0 aliphatic rings. The molecule has 1 atom stereocenters. The summed E-state index contributed by atoms with van der Waals surface area (Å²) in [6, 6.07) is 5.40. The second-order valence-electron chi connectivity index (χ2n) is 4.81. The van der Waals surface area contributed by atoms with E-state index in [1.54, 1.807) is 4.57 Å². The summed E-state index contributed by atoms with van der Waals surface area (Å²) < 4.78 is 2.68. The van der Waals surface area contributed by atoms with Crippen molar-refractivity contribution in [2.45, 2.75) is 32.9 Å². The standard InChI is InChI=1S/C13H17BrN4O/c1-7(2)16-12(19)8(3)18-11-5-4-9(14)6-10(11)17-13(18)15/h4-8H,1-3H3,(H2,15,17)(H,16,19). The van der Waals surface area contributed by atoms with Crippen LogP contribution in [-0.2, 0) is 4.79 Å². The van der Waals surface area contributed by atoms with Gasteiger partial charge in [-0.25, -0.2) is 4.98 Å². The first kappa shape index (κ1) is 13.9. The molecule has 5 nitrogen and oxygen atoms in total. The van der Waals surface area contributed by atoms with Crippen molar-refractivity contribution in [3.8, 4) is 0 Å². The van der Waals surface area contributed by atoms with Crippen LogP contribution in [0.1, 0.15) is 26.8 Å². The lowest BCUT2D eigenvalue weighted by atomic mass is 10.2. The lowest BCUT2D eigenvalue weighted by Crippen LogP contribution is -2.36. The topological polar surface area (TPSA) is 72.9 Å². The number of fused-ring (bicyclic) bond motifs is 1. The molecule has 0 saturated carbocycles. The van der Waals surface area contributed by atoms with E-state index in [1.807, 2.05) is 39.0 Å². The van der Waals surface area contributed by atoms with Gasteiger partial charge in [-0.15, -0.1) is 0 Å². The Hall–Kier alpha value is -1.56. The Bertz CT molecular complexity index is 620. The highest BCUT2D eigenvalue weighted by atomic mass is 79.9. The van der Waals surface area contributed by atoms with E-state index < -0.39 is 6.04 Å². The Labute approximate surface area is 120 Å². The molecule has 3 N–H and O–H groups in total. The summed E-state index contributed by atoms with van der Waals surface area (Å²) in [5, 5.41) is 2.88. The van der Waals surface area contributed by atoms with Gasteiger partial charge in [0.2, 0.25) is 11.9 Å². The van der Waals surface area contributed by atoms with Crippen molar-refractivity contribution in [1.82, 2.24) is 14.9 Å². The van der Waals surface area contributed by atoms with Crippen LogP contribution in [0.25, 0.3) is 11.0 Å². The first-order valence-corrected chi connectivity index (χ1v) is 6.92. The number of benzene rings is 1. The summed E-state index contributed by atoms with van der Waals surface area (Å²) in [7, 11) is 0. The third-order valence-corrected chi connectivity index (χ3v) is 3.37. The van der Waals surface area contributed by atoms with E-state index in [4.69, 9.17) is 5.73 Å². The van der Waals surface area contributed by atoms with Gasteiger partial charge < -0.3 is 11.1 Å². The van der Waals surface area contributed by atoms with Crippen molar-refractivity contribution in [2.75, 3.05) is 5.73 Å². The van der Waals surface area contributed by atoms with Gasteiger partial charge in [0.1, 0.15) is 6.04 Å². The number of anilines is 1. The van der Waals surface area contributed by atoms with Crippen LogP contribution in [0, 0.1) is 0 Å². The molecule has 1 amide bonds. The zero-order chi connectivity index (χ0) is 14.2. The maximum absolute atomic E-state index is 12.1. The number of imidazole rings is 1. The number of halogens is 1. The minimum atomic E-state index is -0.395. The van der Waals surface area contributed by atoms with Crippen molar-refractivity contribution in [1.29, 1.82) is 0 Å². The number of aromatic nitrogens is 2. The number of rotatable bonds is 3. The number of amides is 1. The number of hydrogen-bond donors (Lipinski definition) is 2. The zero-order valence-corrected chi connectivity index (χ0v) is 12.7. The van der Waals surface area contributed by atoms with Crippen LogP contribution >= 0.6 is 15.9 Å². The Kier molecular flexibility index (Phi) is 3.80. The van der Waals surface area contributed by atoms with Gasteiger partial charge in [-0.1, -0.05) is 15.9 Å². The second-order valence-corrected chi connectivity index (χ2v) is 5.73. The predicted octanol–water partition coefficient (Wildman–Crippen LogP) is 2.47. The van der Waals surface area contributed by atoms with Gasteiger partial charge in [-0.05, 0) is 39.0 Å². The summed E-state index contributed by atoms with van der Waals surface area (Å²) in [6.45, 7) is 5.67.